The first kappa shape index (κ1) is 12.4. The lowest BCUT2D eigenvalue weighted by Gasteiger charge is -2.09. The fraction of sp³-hybridized carbons (Fsp3) is 0.300. The van der Waals surface area contributed by atoms with Crippen LogP contribution in [0.3, 0.4) is 0 Å². The number of carbonyl (C=O) groups excluding carboxylic acids is 1. The lowest BCUT2D eigenvalue weighted by molar-refractivity contribution is 0.190. The van der Waals surface area contributed by atoms with E-state index in [4.69, 9.17) is 5.11 Å². The van der Waals surface area contributed by atoms with Gasteiger partial charge in [0.25, 0.3) is 0 Å². The van der Waals surface area contributed by atoms with Gasteiger partial charge in [-0.05, 0) is 19.1 Å². The van der Waals surface area contributed by atoms with Crippen molar-refractivity contribution in [3.63, 3.8) is 0 Å². The van der Waals surface area contributed by atoms with Gasteiger partial charge in [-0.3, -0.25) is 0 Å². The molecule has 0 heterocycles. The first-order chi connectivity index (χ1) is 7.47. The first-order valence-electron chi connectivity index (χ1n) is 4.66. The van der Waals surface area contributed by atoms with Crippen molar-refractivity contribution in [2.45, 2.75) is 13.0 Å². The number of urea groups is 1. The van der Waals surface area contributed by atoms with Crippen molar-refractivity contribution in [1.82, 2.24) is 5.32 Å². The van der Waals surface area contributed by atoms with Crippen molar-refractivity contribution < 1.29 is 18.7 Å². The van der Waals surface area contributed by atoms with Crippen LogP contribution in [0.4, 0.5) is 19.3 Å². The van der Waals surface area contributed by atoms with E-state index >= 15 is 0 Å². The molecule has 88 valence electrons. The molecule has 2 amide bonds. The third-order valence-corrected chi connectivity index (χ3v) is 1.68. The Kier molecular flexibility index (Phi) is 4.19. The molecule has 16 heavy (non-hydrogen) atoms. The van der Waals surface area contributed by atoms with Gasteiger partial charge in [-0.15, -0.1) is 0 Å². The summed E-state index contributed by atoms with van der Waals surface area (Å²) < 4.78 is 25.5. The quantitative estimate of drug-likeness (QED) is 0.736. The molecule has 6 heteroatoms. The molecular weight excluding hydrogens is 218 g/mol. The molecule has 0 aliphatic heterocycles. The van der Waals surface area contributed by atoms with E-state index in [0.717, 1.165) is 12.1 Å². The second-order valence-electron chi connectivity index (χ2n) is 3.34. The summed E-state index contributed by atoms with van der Waals surface area (Å²) in [6.45, 7) is 1.56. The Balaban J connectivity index is 2.56. The Bertz CT molecular complexity index is 363. The van der Waals surface area contributed by atoms with Gasteiger partial charge in [0.15, 0.2) is 0 Å². The van der Waals surface area contributed by atoms with E-state index in [-0.39, 0.29) is 12.2 Å². The second kappa shape index (κ2) is 5.41. The highest BCUT2D eigenvalue weighted by Gasteiger charge is 2.05. The van der Waals surface area contributed by atoms with Crippen LogP contribution >= 0.6 is 0 Å². The molecule has 0 saturated carbocycles. The van der Waals surface area contributed by atoms with Crippen LogP contribution < -0.4 is 10.6 Å². The molecule has 0 aliphatic carbocycles. The van der Waals surface area contributed by atoms with Crippen LogP contribution in [0.15, 0.2) is 18.2 Å². The van der Waals surface area contributed by atoms with Gasteiger partial charge in [0.2, 0.25) is 0 Å². The minimum absolute atomic E-state index is 0.0144. The zero-order valence-corrected chi connectivity index (χ0v) is 8.63. The van der Waals surface area contributed by atoms with Crippen molar-refractivity contribution in [2.75, 3.05) is 11.9 Å². The molecule has 0 fully saturated rings. The maximum atomic E-state index is 12.7. The summed E-state index contributed by atoms with van der Waals surface area (Å²) in [6.07, 6.45) is -0.685. The van der Waals surface area contributed by atoms with Crippen LogP contribution in [0.5, 0.6) is 0 Å². The maximum Gasteiger partial charge on any atom is 0.319 e. The number of amides is 2. The highest BCUT2D eigenvalue weighted by molar-refractivity contribution is 5.89. The molecular formula is C10H12F2N2O2. The smallest absolute Gasteiger partial charge is 0.319 e. The maximum absolute atomic E-state index is 12.7. The van der Waals surface area contributed by atoms with Crippen molar-refractivity contribution in [3.8, 4) is 0 Å². The number of benzene rings is 1. The third-order valence-electron chi connectivity index (χ3n) is 1.68. The molecule has 0 aromatic heterocycles. The van der Waals surface area contributed by atoms with Crippen molar-refractivity contribution in [3.05, 3.63) is 29.8 Å². The Labute approximate surface area is 91.3 Å². The molecule has 1 unspecified atom stereocenters. The van der Waals surface area contributed by atoms with Crippen LogP contribution in [0.2, 0.25) is 0 Å². The molecule has 1 aromatic rings. The van der Waals surface area contributed by atoms with Crippen molar-refractivity contribution in [1.29, 1.82) is 0 Å². The van der Waals surface area contributed by atoms with Crippen LogP contribution in [0.25, 0.3) is 0 Å². The normalized spacial score (nSPS) is 12.0. The average Bonchev–Trinajstić information content (AvgIpc) is 2.12. The van der Waals surface area contributed by atoms with Gasteiger partial charge in [-0.1, -0.05) is 0 Å². The molecule has 0 radical (unpaired) electrons. The van der Waals surface area contributed by atoms with Gasteiger partial charge >= 0.3 is 6.03 Å². The van der Waals surface area contributed by atoms with Crippen LogP contribution in [-0.2, 0) is 0 Å². The fourth-order valence-corrected chi connectivity index (χ4v) is 1.04. The SMILES string of the molecule is CC(O)CNC(=O)Nc1cc(F)cc(F)c1. The standard InChI is InChI=1S/C10H12F2N2O2/c1-6(15)5-13-10(16)14-9-3-7(11)2-8(12)4-9/h2-4,6,15H,5H2,1H3,(H2,13,14,16). The van der Waals surface area contributed by atoms with Crippen LogP contribution in [0.1, 0.15) is 6.92 Å². The van der Waals surface area contributed by atoms with E-state index in [0.29, 0.717) is 6.07 Å². The molecule has 0 bridgehead atoms. The first-order valence-corrected chi connectivity index (χ1v) is 4.66. The van der Waals surface area contributed by atoms with Gasteiger partial charge in [0, 0.05) is 18.3 Å². The summed E-state index contributed by atoms with van der Waals surface area (Å²) in [5.41, 5.74) is 0.0144. The minimum Gasteiger partial charge on any atom is -0.392 e. The molecule has 1 rings (SSSR count). The van der Waals surface area contributed by atoms with E-state index < -0.39 is 23.8 Å². The van der Waals surface area contributed by atoms with Gasteiger partial charge < -0.3 is 15.7 Å². The van der Waals surface area contributed by atoms with E-state index in [1.54, 1.807) is 0 Å². The predicted molar refractivity (Wildman–Crippen MR) is 55.1 cm³/mol. The summed E-state index contributed by atoms with van der Waals surface area (Å²) in [5, 5.41) is 13.5. The largest absolute Gasteiger partial charge is 0.392 e. The Hall–Kier alpha value is -1.69. The molecule has 0 aliphatic rings. The fourth-order valence-electron chi connectivity index (χ4n) is 1.04. The number of aliphatic hydroxyl groups excluding tert-OH is 1. The molecule has 1 atom stereocenters. The summed E-state index contributed by atoms with van der Waals surface area (Å²) in [4.78, 5) is 11.2. The summed E-state index contributed by atoms with van der Waals surface area (Å²) >= 11 is 0. The predicted octanol–water partition coefficient (Wildman–Crippen LogP) is 1.47. The van der Waals surface area contributed by atoms with Gasteiger partial charge in [0.05, 0.1) is 6.10 Å². The van der Waals surface area contributed by atoms with E-state index in [9.17, 15) is 13.6 Å². The van der Waals surface area contributed by atoms with Gasteiger partial charge in [0.1, 0.15) is 11.6 Å². The molecule has 0 spiro atoms. The summed E-state index contributed by atoms with van der Waals surface area (Å²) in [5.74, 6) is -1.54. The van der Waals surface area contributed by atoms with E-state index in [1.807, 2.05) is 0 Å². The third kappa shape index (κ3) is 4.22. The van der Waals surface area contributed by atoms with E-state index in [2.05, 4.69) is 10.6 Å². The lowest BCUT2D eigenvalue weighted by atomic mass is 10.3. The highest BCUT2D eigenvalue weighted by Crippen LogP contribution is 2.12. The molecule has 3 N–H and O–H groups in total. The number of halogens is 2. The monoisotopic (exact) mass is 230 g/mol. The molecule has 1 aromatic carbocycles. The summed E-state index contributed by atoms with van der Waals surface area (Å²) in [6, 6.07) is 2.06. The Morgan fingerprint density at radius 2 is 1.94 bits per heavy atom. The number of hydrogen-bond donors (Lipinski definition) is 3. The van der Waals surface area contributed by atoms with Gasteiger partial charge in [-0.2, -0.15) is 0 Å². The van der Waals surface area contributed by atoms with Crippen molar-refractivity contribution in [2.24, 2.45) is 0 Å². The molecule has 4 nitrogen and oxygen atoms in total. The van der Waals surface area contributed by atoms with Crippen molar-refractivity contribution >= 4 is 11.7 Å². The minimum atomic E-state index is -0.772. The number of aliphatic hydroxyl groups is 1. The average molecular weight is 230 g/mol. The number of hydrogen-bond acceptors (Lipinski definition) is 2. The zero-order chi connectivity index (χ0) is 12.1. The highest BCUT2D eigenvalue weighted by atomic mass is 19.1. The number of carbonyl (C=O) groups is 1. The van der Waals surface area contributed by atoms with Crippen LogP contribution in [0, 0.1) is 11.6 Å². The Morgan fingerprint density at radius 1 is 1.38 bits per heavy atom. The molecule has 0 saturated heterocycles. The summed E-state index contributed by atoms with van der Waals surface area (Å²) in [7, 11) is 0. The lowest BCUT2D eigenvalue weighted by Crippen LogP contribution is -2.34. The number of nitrogens with one attached hydrogen (secondary N) is 2. The zero-order valence-electron chi connectivity index (χ0n) is 8.63. The second-order valence-corrected chi connectivity index (χ2v) is 3.34. The Morgan fingerprint density at radius 3 is 2.44 bits per heavy atom. The van der Waals surface area contributed by atoms with Gasteiger partial charge in [-0.25, -0.2) is 13.6 Å². The number of rotatable bonds is 3. The van der Waals surface area contributed by atoms with E-state index in [1.165, 1.54) is 6.92 Å². The topological polar surface area (TPSA) is 61.4 Å². The number of anilines is 1. The van der Waals surface area contributed by atoms with Crippen LogP contribution in [-0.4, -0.2) is 23.8 Å².